The summed E-state index contributed by atoms with van der Waals surface area (Å²) in [5.74, 6) is 0.565. The van der Waals surface area contributed by atoms with Gasteiger partial charge in [-0.1, -0.05) is 26.0 Å². The predicted octanol–water partition coefficient (Wildman–Crippen LogP) is 4.02. The Kier molecular flexibility index (Phi) is 4.84. The van der Waals surface area contributed by atoms with Gasteiger partial charge >= 0.3 is 0 Å². The molecular formula is C23H24FN3O3. The molecule has 2 heterocycles. The predicted molar refractivity (Wildman–Crippen MR) is 110 cm³/mol. The third-order valence-electron chi connectivity index (χ3n) is 5.44. The van der Waals surface area contributed by atoms with Gasteiger partial charge in [-0.2, -0.15) is 5.10 Å². The summed E-state index contributed by atoms with van der Waals surface area (Å²) in [5, 5.41) is 7.14. The van der Waals surface area contributed by atoms with Crippen molar-refractivity contribution in [2.24, 2.45) is 5.41 Å². The van der Waals surface area contributed by atoms with Crippen LogP contribution in [0.5, 0.6) is 0 Å². The summed E-state index contributed by atoms with van der Waals surface area (Å²) in [4.78, 5) is 25.5. The Morgan fingerprint density at radius 2 is 2.00 bits per heavy atom. The van der Waals surface area contributed by atoms with Gasteiger partial charge in [-0.15, -0.1) is 0 Å². The lowest BCUT2D eigenvalue weighted by Crippen LogP contribution is -2.38. The van der Waals surface area contributed by atoms with E-state index in [1.807, 2.05) is 13.0 Å². The van der Waals surface area contributed by atoms with Gasteiger partial charge in [0.2, 0.25) is 5.43 Å². The van der Waals surface area contributed by atoms with Gasteiger partial charge in [-0.05, 0) is 43.9 Å². The molecule has 0 aliphatic heterocycles. The van der Waals surface area contributed by atoms with E-state index in [-0.39, 0.29) is 22.8 Å². The van der Waals surface area contributed by atoms with Crippen LogP contribution < -0.4 is 10.7 Å². The third kappa shape index (κ3) is 3.67. The number of furan rings is 1. The number of hydrogen-bond donors (Lipinski definition) is 1. The fourth-order valence-corrected chi connectivity index (χ4v) is 4.11. The van der Waals surface area contributed by atoms with Crippen LogP contribution in [-0.2, 0) is 6.42 Å². The number of carbonyl (C=O) groups is 1. The van der Waals surface area contributed by atoms with Crippen LogP contribution >= 0.6 is 0 Å². The zero-order chi connectivity index (χ0) is 21.6. The third-order valence-corrected chi connectivity index (χ3v) is 5.44. The molecular weight excluding hydrogens is 385 g/mol. The second-order valence-electron chi connectivity index (χ2n) is 8.67. The maximum atomic E-state index is 14.3. The highest BCUT2D eigenvalue weighted by atomic mass is 19.1. The van der Waals surface area contributed by atoms with E-state index in [4.69, 9.17) is 4.42 Å². The fraction of sp³-hybridized carbons (Fsp3) is 0.348. The molecule has 1 N–H and O–H groups in total. The van der Waals surface area contributed by atoms with Gasteiger partial charge in [0.05, 0.1) is 6.04 Å². The molecule has 4 rings (SSSR count). The fourth-order valence-electron chi connectivity index (χ4n) is 4.11. The molecule has 1 aliphatic rings. The lowest BCUT2D eigenvalue weighted by Gasteiger charge is -2.34. The van der Waals surface area contributed by atoms with E-state index in [2.05, 4.69) is 24.3 Å². The van der Waals surface area contributed by atoms with Crippen molar-refractivity contribution in [2.45, 2.75) is 46.6 Å². The molecule has 0 radical (unpaired) electrons. The molecule has 2 aromatic heterocycles. The minimum absolute atomic E-state index is 0.0662. The molecule has 7 heteroatoms. The molecule has 30 heavy (non-hydrogen) atoms. The molecule has 0 saturated carbocycles. The smallest absolute Gasteiger partial charge is 0.276 e. The number of nitrogens with one attached hydrogen (secondary N) is 1. The summed E-state index contributed by atoms with van der Waals surface area (Å²) in [6.45, 7) is 7.75. The Labute approximate surface area is 173 Å². The van der Waals surface area contributed by atoms with Crippen LogP contribution in [0.1, 0.15) is 59.6 Å². The van der Waals surface area contributed by atoms with Crippen molar-refractivity contribution in [1.29, 1.82) is 0 Å². The quantitative estimate of drug-likeness (QED) is 0.709. The lowest BCUT2D eigenvalue weighted by molar-refractivity contribution is 0.0909. The van der Waals surface area contributed by atoms with Crippen LogP contribution in [0.15, 0.2) is 45.6 Å². The number of amides is 1. The standard InChI is InChI=1S/C23H24FN3O3/c1-13-9-19(28)21(26-27(13)18-8-6-5-7-16(18)24)22(29)25-17-11-23(3,4)12-20-15(17)10-14(2)30-20/h5-10,17H,11-12H2,1-4H3,(H,25,29). The normalized spacial score (nSPS) is 17.4. The van der Waals surface area contributed by atoms with E-state index >= 15 is 0 Å². The highest BCUT2D eigenvalue weighted by Crippen LogP contribution is 2.42. The molecule has 6 nitrogen and oxygen atoms in total. The molecule has 0 saturated heterocycles. The van der Waals surface area contributed by atoms with E-state index < -0.39 is 17.2 Å². The van der Waals surface area contributed by atoms with Crippen LogP contribution in [0.25, 0.3) is 5.69 Å². The van der Waals surface area contributed by atoms with Crippen LogP contribution in [0.3, 0.4) is 0 Å². The van der Waals surface area contributed by atoms with E-state index in [0.717, 1.165) is 23.5 Å². The first-order chi connectivity index (χ1) is 14.1. The molecule has 1 unspecified atom stereocenters. The summed E-state index contributed by atoms with van der Waals surface area (Å²) < 4.78 is 21.4. The zero-order valence-electron chi connectivity index (χ0n) is 17.5. The molecule has 156 valence electrons. The van der Waals surface area contributed by atoms with Gasteiger partial charge in [0.1, 0.15) is 23.0 Å². The van der Waals surface area contributed by atoms with E-state index in [1.165, 1.54) is 16.8 Å². The minimum Gasteiger partial charge on any atom is -0.466 e. The van der Waals surface area contributed by atoms with Gasteiger partial charge in [-0.3, -0.25) is 9.59 Å². The Bertz CT molecular complexity index is 1190. The first-order valence-electron chi connectivity index (χ1n) is 9.90. The maximum Gasteiger partial charge on any atom is 0.276 e. The van der Waals surface area contributed by atoms with Gasteiger partial charge < -0.3 is 9.73 Å². The average Bonchev–Trinajstić information content (AvgIpc) is 3.01. The van der Waals surface area contributed by atoms with Crippen molar-refractivity contribution in [3.63, 3.8) is 0 Å². The highest BCUT2D eigenvalue weighted by Gasteiger charge is 2.36. The van der Waals surface area contributed by atoms with Gasteiger partial charge in [0.15, 0.2) is 5.69 Å². The second-order valence-corrected chi connectivity index (χ2v) is 8.67. The molecule has 1 atom stereocenters. The maximum absolute atomic E-state index is 14.3. The minimum atomic E-state index is -0.586. The molecule has 0 fully saturated rings. The summed E-state index contributed by atoms with van der Waals surface area (Å²) in [5.41, 5.74) is 0.708. The average molecular weight is 409 g/mol. The number of aromatic nitrogens is 2. The van der Waals surface area contributed by atoms with Crippen molar-refractivity contribution in [3.8, 4) is 5.69 Å². The Balaban J connectivity index is 1.70. The van der Waals surface area contributed by atoms with E-state index in [0.29, 0.717) is 12.1 Å². The van der Waals surface area contributed by atoms with E-state index in [9.17, 15) is 14.0 Å². The van der Waals surface area contributed by atoms with Crippen LogP contribution in [0.2, 0.25) is 0 Å². The highest BCUT2D eigenvalue weighted by molar-refractivity contribution is 5.92. The first kappa shape index (κ1) is 20.1. The zero-order valence-corrected chi connectivity index (χ0v) is 17.5. The van der Waals surface area contributed by atoms with Crippen molar-refractivity contribution in [1.82, 2.24) is 15.1 Å². The topological polar surface area (TPSA) is 77.1 Å². The summed E-state index contributed by atoms with van der Waals surface area (Å²) >= 11 is 0. The van der Waals surface area contributed by atoms with Crippen LogP contribution in [0, 0.1) is 25.1 Å². The summed E-state index contributed by atoms with van der Waals surface area (Å²) in [6.07, 6.45) is 1.49. The molecule has 1 aromatic carbocycles. The molecule has 0 spiro atoms. The molecule has 3 aromatic rings. The Morgan fingerprint density at radius 3 is 2.73 bits per heavy atom. The Hall–Kier alpha value is -3.22. The van der Waals surface area contributed by atoms with Crippen LogP contribution in [0.4, 0.5) is 4.39 Å². The van der Waals surface area contributed by atoms with Gasteiger partial charge in [-0.25, -0.2) is 9.07 Å². The number of hydrogen-bond acceptors (Lipinski definition) is 4. The van der Waals surface area contributed by atoms with Gasteiger partial charge in [0, 0.05) is 23.7 Å². The summed E-state index contributed by atoms with van der Waals surface area (Å²) in [6, 6.07) is 9.03. The number of carbonyl (C=O) groups excluding carboxylic acids is 1. The second kappa shape index (κ2) is 7.23. The van der Waals surface area contributed by atoms with Crippen molar-refractivity contribution >= 4 is 5.91 Å². The van der Waals surface area contributed by atoms with Crippen molar-refractivity contribution < 1.29 is 13.6 Å². The molecule has 1 amide bonds. The summed E-state index contributed by atoms with van der Waals surface area (Å²) in [7, 11) is 0. The first-order valence-corrected chi connectivity index (χ1v) is 9.90. The Morgan fingerprint density at radius 1 is 1.27 bits per heavy atom. The lowest BCUT2D eigenvalue weighted by atomic mass is 9.74. The van der Waals surface area contributed by atoms with Crippen molar-refractivity contribution in [2.75, 3.05) is 0 Å². The van der Waals surface area contributed by atoms with Crippen molar-refractivity contribution in [3.05, 3.63) is 80.9 Å². The SMILES string of the molecule is Cc1cc2c(o1)CC(C)(C)CC2NC(=O)c1nn(-c2ccccc2F)c(C)cc1=O. The monoisotopic (exact) mass is 409 g/mol. The van der Waals surface area contributed by atoms with Gasteiger partial charge in [0.25, 0.3) is 5.91 Å². The largest absolute Gasteiger partial charge is 0.466 e. The molecule has 1 aliphatic carbocycles. The number of fused-ring (bicyclic) bond motifs is 1. The number of benzene rings is 1. The molecule has 0 bridgehead atoms. The number of para-hydroxylation sites is 1. The number of halogens is 1. The number of aryl methyl sites for hydroxylation is 2. The van der Waals surface area contributed by atoms with E-state index in [1.54, 1.807) is 25.1 Å². The van der Waals surface area contributed by atoms with Crippen LogP contribution in [-0.4, -0.2) is 15.7 Å². The number of rotatable bonds is 3. The number of nitrogens with zero attached hydrogens (tertiary/aromatic N) is 2.